The largest absolute Gasteiger partial charge is 0.461 e. The van der Waals surface area contributed by atoms with E-state index in [0.717, 1.165) is 11.3 Å². The number of rotatable bonds is 6. The fourth-order valence-electron chi connectivity index (χ4n) is 4.59. The van der Waals surface area contributed by atoms with E-state index in [1.165, 1.54) is 17.0 Å². The lowest BCUT2D eigenvalue weighted by Crippen LogP contribution is -2.49. The number of aromatic nitrogens is 2. The molecule has 206 valence electrons. The van der Waals surface area contributed by atoms with E-state index in [2.05, 4.69) is 5.10 Å². The molecule has 1 aliphatic heterocycles. The van der Waals surface area contributed by atoms with Crippen molar-refractivity contribution in [3.63, 3.8) is 0 Å². The first-order valence-corrected chi connectivity index (χ1v) is 12.6. The quantitative estimate of drug-likeness (QED) is 0.242. The molecule has 1 amide bonds. The Balaban J connectivity index is 1.33. The standard InChI is InChI=1S/C29H24F4N4O3/c1-2-40-29(39)25-17-26(37(34-25)22-9-5-19(30)6-10-22)18-3-7-21(8-4-18)35-11-13-36(14-12-35)28(38)27-23(32)15-20(31)16-24(27)33/h3-10,15-17H,2,11-14H2,1H3. The normalized spacial score (nSPS) is 13.4. The van der Waals surface area contributed by atoms with Crippen molar-refractivity contribution in [1.29, 1.82) is 0 Å². The average Bonchev–Trinajstić information content (AvgIpc) is 3.39. The van der Waals surface area contributed by atoms with Crippen molar-refractivity contribution in [3.8, 4) is 16.9 Å². The average molecular weight is 553 g/mol. The molecule has 11 heteroatoms. The summed E-state index contributed by atoms with van der Waals surface area (Å²) in [5.41, 5.74) is 2.10. The van der Waals surface area contributed by atoms with Crippen LogP contribution in [0.4, 0.5) is 23.2 Å². The molecule has 40 heavy (non-hydrogen) atoms. The van der Waals surface area contributed by atoms with E-state index in [0.29, 0.717) is 36.6 Å². The molecule has 0 N–H and O–H groups in total. The number of anilines is 1. The predicted molar refractivity (Wildman–Crippen MR) is 139 cm³/mol. The van der Waals surface area contributed by atoms with Crippen LogP contribution in [0.15, 0.2) is 66.7 Å². The molecule has 1 aliphatic rings. The molecule has 0 unspecified atom stereocenters. The highest BCUT2D eigenvalue weighted by molar-refractivity contribution is 5.95. The van der Waals surface area contributed by atoms with Gasteiger partial charge in [-0.05, 0) is 49.4 Å². The fraction of sp³-hybridized carbons (Fsp3) is 0.207. The van der Waals surface area contributed by atoms with E-state index in [-0.39, 0.29) is 25.4 Å². The SMILES string of the molecule is CCOC(=O)c1cc(-c2ccc(N3CCN(C(=O)c4c(F)cc(F)cc4F)CC3)cc2)n(-c2ccc(F)cc2)n1. The van der Waals surface area contributed by atoms with E-state index in [1.807, 2.05) is 29.2 Å². The second kappa shape index (κ2) is 11.2. The van der Waals surface area contributed by atoms with Gasteiger partial charge < -0.3 is 14.5 Å². The Bertz CT molecular complexity index is 1520. The fourth-order valence-corrected chi connectivity index (χ4v) is 4.59. The van der Waals surface area contributed by atoms with Crippen molar-refractivity contribution in [3.05, 3.63) is 101 Å². The van der Waals surface area contributed by atoms with E-state index < -0.39 is 40.7 Å². The van der Waals surface area contributed by atoms with Gasteiger partial charge >= 0.3 is 5.97 Å². The van der Waals surface area contributed by atoms with Gasteiger partial charge in [-0.1, -0.05) is 12.1 Å². The molecule has 0 saturated carbocycles. The van der Waals surface area contributed by atoms with Crippen molar-refractivity contribution < 1.29 is 31.9 Å². The zero-order valence-electron chi connectivity index (χ0n) is 21.4. The van der Waals surface area contributed by atoms with E-state index in [1.54, 1.807) is 29.8 Å². The van der Waals surface area contributed by atoms with Crippen molar-refractivity contribution in [2.75, 3.05) is 37.7 Å². The van der Waals surface area contributed by atoms with Crippen molar-refractivity contribution in [1.82, 2.24) is 14.7 Å². The lowest BCUT2D eigenvalue weighted by atomic mass is 10.1. The third kappa shape index (κ3) is 5.40. The number of amides is 1. The van der Waals surface area contributed by atoms with Crippen LogP contribution in [-0.4, -0.2) is 59.3 Å². The molecule has 0 aliphatic carbocycles. The van der Waals surface area contributed by atoms with Gasteiger partial charge in [0.1, 0.15) is 28.8 Å². The number of piperazine rings is 1. The Hall–Kier alpha value is -4.67. The van der Waals surface area contributed by atoms with Gasteiger partial charge in [0.2, 0.25) is 0 Å². The summed E-state index contributed by atoms with van der Waals surface area (Å²) in [7, 11) is 0. The number of benzene rings is 3. The lowest BCUT2D eigenvalue weighted by molar-refractivity contribution is 0.0518. The van der Waals surface area contributed by atoms with Gasteiger partial charge in [-0.15, -0.1) is 0 Å². The predicted octanol–water partition coefficient (Wildman–Crippen LogP) is 5.23. The maximum absolute atomic E-state index is 14.1. The molecule has 4 aromatic rings. The van der Waals surface area contributed by atoms with Gasteiger partial charge in [0.05, 0.1) is 18.0 Å². The third-order valence-electron chi connectivity index (χ3n) is 6.58. The third-order valence-corrected chi connectivity index (χ3v) is 6.58. The van der Waals surface area contributed by atoms with Crippen LogP contribution in [0.25, 0.3) is 16.9 Å². The van der Waals surface area contributed by atoms with E-state index in [4.69, 9.17) is 4.74 Å². The minimum atomic E-state index is -1.23. The molecule has 3 aromatic carbocycles. The molecule has 0 atom stereocenters. The van der Waals surface area contributed by atoms with Crippen molar-refractivity contribution >= 4 is 17.6 Å². The second-order valence-corrected chi connectivity index (χ2v) is 9.09. The summed E-state index contributed by atoms with van der Waals surface area (Å²) in [4.78, 5) is 28.4. The van der Waals surface area contributed by atoms with Crippen LogP contribution in [0.3, 0.4) is 0 Å². The van der Waals surface area contributed by atoms with Gasteiger partial charge in [-0.25, -0.2) is 27.0 Å². The minimum Gasteiger partial charge on any atom is -0.461 e. The number of hydrogen-bond donors (Lipinski definition) is 0. The van der Waals surface area contributed by atoms with Crippen LogP contribution in [0, 0.1) is 23.3 Å². The van der Waals surface area contributed by atoms with Gasteiger partial charge in [-0.2, -0.15) is 5.10 Å². The summed E-state index contributed by atoms with van der Waals surface area (Å²) in [5.74, 6) is -5.34. The molecule has 0 radical (unpaired) electrons. The summed E-state index contributed by atoms with van der Waals surface area (Å²) in [6.07, 6.45) is 0. The van der Waals surface area contributed by atoms with Gasteiger partial charge in [0.15, 0.2) is 5.69 Å². The first-order valence-electron chi connectivity index (χ1n) is 12.6. The van der Waals surface area contributed by atoms with Crippen LogP contribution in [0.2, 0.25) is 0 Å². The monoisotopic (exact) mass is 552 g/mol. The molecule has 1 saturated heterocycles. The van der Waals surface area contributed by atoms with E-state index in [9.17, 15) is 27.2 Å². The van der Waals surface area contributed by atoms with Crippen LogP contribution < -0.4 is 4.90 Å². The number of nitrogens with zero attached hydrogens (tertiary/aromatic N) is 4. The first kappa shape index (κ1) is 26.9. The van der Waals surface area contributed by atoms with Crippen LogP contribution in [0.1, 0.15) is 27.8 Å². The van der Waals surface area contributed by atoms with Crippen LogP contribution in [-0.2, 0) is 4.74 Å². The number of esters is 1. The van der Waals surface area contributed by atoms with Crippen LogP contribution in [0.5, 0.6) is 0 Å². The summed E-state index contributed by atoms with van der Waals surface area (Å²) in [5, 5.41) is 4.38. The van der Waals surface area contributed by atoms with E-state index >= 15 is 0 Å². The Morgan fingerprint density at radius 3 is 2.00 bits per heavy atom. The molecule has 1 fully saturated rings. The highest BCUT2D eigenvalue weighted by Crippen LogP contribution is 2.28. The summed E-state index contributed by atoms with van der Waals surface area (Å²) in [6.45, 7) is 3.16. The first-order chi connectivity index (χ1) is 19.2. The van der Waals surface area contributed by atoms with Gasteiger partial charge in [-0.3, -0.25) is 4.79 Å². The zero-order valence-corrected chi connectivity index (χ0v) is 21.4. The summed E-state index contributed by atoms with van der Waals surface area (Å²) in [6, 6.07) is 15.8. The number of halogens is 4. The van der Waals surface area contributed by atoms with Gasteiger partial charge in [0, 0.05) is 49.6 Å². The molecular formula is C29H24F4N4O3. The Morgan fingerprint density at radius 1 is 0.800 bits per heavy atom. The summed E-state index contributed by atoms with van der Waals surface area (Å²) < 4.78 is 61.5. The van der Waals surface area contributed by atoms with Gasteiger partial charge in [0.25, 0.3) is 5.91 Å². The topological polar surface area (TPSA) is 67.7 Å². The minimum absolute atomic E-state index is 0.111. The zero-order chi connectivity index (χ0) is 28.4. The summed E-state index contributed by atoms with van der Waals surface area (Å²) >= 11 is 0. The highest BCUT2D eigenvalue weighted by Gasteiger charge is 2.27. The number of ether oxygens (including phenoxy) is 1. The molecule has 0 bridgehead atoms. The lowest BCUT2D eigenvalue weighted by Gasteiger charge is -2.36. The van der Waals surface area contributed by atoms with Crippen LogP contribution >= 0.6 is 0 Å². The Labute approximate surface area is 227 Å². The molecular weight excluding hydrogens is 528 g/mol. The molecule has 1 aromatic heterocycles. The highest BCUT2D eigenvalue weighted by atomic mass is 19.1. The molecule has 5 rings (SSSR count). The second-order valence-electron chi connectivity index (χ2n) is 9.09. The molecule has 2 heterocycles. The smallest absolute Gasteiger partial charge is 0.358 e. The van der Waals surface area contributed by atoms with Crippen molar-refractivity contribution in [2.24, 2.45) is 0 Å². The number of hydrogen-bond acceptors (Lipinski definition) is 5. The molecule has 7 nitrogen and oxygen atoms in total. The van der Waals surface area contributed by atoms with Crippen molar-refractivity contribution in [2.45, 2.75) is 6.92 Å². The number of carbonyl (C=O) groups is 2. The maximum atomic E-state index is 14.1. The molecule has 0 spiro atoms. The Kier molecular flexibility index (Phi) is 7.54. The Morgan fingerprint density at radius 2 is 1.40 bits per heavy atom. The number of carbonyl (C=O) groups excluding carboxylic acids is 2. The maximum Gasteiger partial charge on any atom is 0.358 e.